The number of hydrogen-bond donors (Lipinski definition) is 2. The van der Waals surface area contributed by atoms with E-state index in [2.05, 4.69) is 21.2 Å². The second-order valence-electron chi connectivity index (χ2n) is 5.09. The summed E-state index contributed by atoms with van der Waals surface area (Å²) < 4.78 is 5.68. The van der Waals surface area contributed by atoms with Crippen molar-refractivity contribution in [1.29, 1.82) is 0 Å². The van der Waals surface area contributed by atoms with E-state index in [4.69, 9.17) is 16.3 Å². The molecule has 5 nitrogen and oxygen atoms in total. The minimum Gasteiger partial charge on any atom is -0.479 e. The maximum atomic E-state index is 11.7. The van der Waals surface area contributed by atoms with Crippen LogP contribution >= 0.6 is 27.5 Å². The lowest BCUT2D eigenvalue weighted by molar-refractivity contribution is -0.139. The van der Waals surface area contributed by atoms with E-state index in [9.17, 15) is 14.7 Å². The quantitative estimate of drug-likeness (QED) is 0.856. The number of carbonyl (C=O) groups excluding carboxylic acids is 1. The molecule has 1 atom stereocenters. The molecule has 0 bridgehead atoms. The van der Waals surface area contributed by atoms with Crippen LogP contribution in [0.3, 0.4) is 0 Å². The van der Waals surface area contributed by atoms with Crippen LogP contribution in [0.25, 0.3) is 0 Å². The molecule has 0 aromatic heterocycles. The molecular weight excluding hydrogens is 350 g/mol. The smallest absolute Gasteiger partial charge is 0.408 e. The van der Waals surface area contributed by atoms with E-state index >= 15 is 0 Å². The molecule has 2 N–H and O–H groups in total. The van der Waals surface area contributed by atoms with Crippen molar-refractivity contribution in [3.8, 4) is 0 Å². The molecule has 0 aliphatic rings. The van der Waals surface area contributed by atoms with Crippen LogP contribution < -0.4 is 5.32 Å². The number of carboxylic acids is 1. The van der Waals surface area contributed by atoms with E-state index in [1.54, 1.807) is 32.9 Å². The van der Waals surface area contributed by atoms with E-state index in [-0.39, 0.29) is 0 Å². The Morgan fingerprint density at radius 1 is 1.40 bits per heavy atom. The highest BCUT2D eigenvalue weighted by molar-refractivity contribution is 9.10. The maximum Gasteiger partial charge on any atom is 0.408 e. The van der Waals surface area contributed by atoms with Crippen LogP contribution in [0.1, 0.15) is 32.4 Å². The standard InChI is InChI=1S/C13H15BrClNO4/c1-13(2,3)20-12(19)16-10(11(17)18)7-4-5-8(14)9(15)6-7/h4-6,10H,1-3H3,(H,16,19)(H,17,18). The highest BCUT2D eigenvalue weighted by Crippen LogP contribution is 2.26. The lowest BCUT2D eigenvalue weighted by atomic mass is 10.1. The third-order valence-electron chi connectivity index (χ3n) is 2.19. The molecule has 0 aliphatic carbocycles. The molecule has 1 aromatic rings. The van der Waals surface area contributed by atoms with Gasteiger partial charge in [0.25, 0.3) is 0 Å². The molecule has 0 spiro atoms. The van der Waals surface area contributed by atoms with Crippen LogP contribution in [0.5, 0.6) is 0 Å². The molecule has 1 aromatic carbocycles. The van der Waals surface area contributed by atoms with Crippen molar-refractivity contribution < 1.29 is 19.4 Å². The predicted octanol–water partition coefficient (Wildman–Crippen LogP) is 3.75. The Bertz CT molecular complexity index is 528. The topological polar surface area (TPSA) is 75.6 Å². The normalized spacial score (nSPS) is 12.7. The number of rotatable bonds is 3. The third kappa shape index (κ3) is 5.02. The summed E-state index contributed by atoms with van der Waals surface area (Å²) in [5.41, 5.74) is -0.346. The van der Waals surface area contributed by atoms with Crippen molar-refractivity contribution in [3.63, 3.8) is 0 Å². The number of nitrogens with one attached hydrogen (secondary N) is 1. The Morgan fingerprint density at radius 2 is 2.00 bits per heavy atom. The van der Waals surface area contributed by atoms with Crippen LogP contribution in [-0.4, -0.2) is 22.8 Å². The van der Waals surface area contributed by atoms with Crippen LogP contribution in [0.2, 0.25) is 5.02 Å². The Hall–Kier alpha value is -1.27. The van der Waals surface area contributed by atoms with Gasteiger partial charge in [-0.25, -0.2) is 9.59 Å². The van der Waals surface area contributed by atoms with E-state index in [1.165, 1.54) is 6.07 Å². The van der Waals surface area contributed by atoms with Gasteiger partial charge in [-0.2, -0.15) is 0 Å². The number of aliphatic carboxylic acids is 1. The summed E-state index contributed by atoms with van der Waals surface area (Å²) in [5, 5.41) is 11.9. The van der Waals surface area contributed by atoms with Crippen molar-refractivity contribution in [2.24, 2.45) is 0 Å². The molecule has 110 valence electrons. The average molecular weight is 365 g/mol. The first-order valence-electron chi connectivity index (χ1n) is 5.77. The fourth-order valence-corrected chi connectivity index (χ4v) is 1.84. The average Bonchev–Trinajstić information content (AvgIpc) is 2.27. The van der Waals surface area contributed by atoms with Crippen LogP contribution in [0.4, 0.5) is 4.79 Å². The van der Waals surface area contributed by atoms with Crippen molar-refractivity contribution in [2.45, 2.75) is 32.4 Å². The highest BCUT2D eigenvalue weighted by atomic mass is 79.9. The zero-order valence-electron chi connectivity index (χ0n) is 11.2. The number of hydrogen-bond acceptors (Lipinski definition) is 3. The van der Waals surface area contributed by atoms with Gasteiger partial charge in [-0.05, 0) is 54.4 Å². The molecule has 0 aliphatic heterocycles. The minimum absolute atomic E-state index is 0.358. The van der Waals surface area contributed by atoms with Gasteiger partial charge in [0.1, 0.15) is 5.60 Å². The second-order valence-corrected chi connectivity index (χ2v) is 6.35. The molecule has 0 saturated heterocycles. The maximum absolute atomic E-state index is 11.7. The SMILES string of the molecule is CC(C)(C)OC(=O)NC(C(=O)O)c1ccc(Br)c(Cl)c1. The number of carbonyl (C=O) groups is 2. The molecule has 0 fully saturated rings. The lowest BCUT2D eigenvalue weighted by Crippen LogP contribution is -2.38. The van der Waals surface area contributed by atoms with Gasteiger partial charge in [0, 0.05) is 4.47 Å². The number of amides is 1. The minimum atomic E-state index is -1.23. The summed E-state index contributed by atoms with van der Waals surface area (Å²) in [7, 11) is 0. The molecule has 0 radical (unpaired) electrons. The highest BCUT2D eigenvalue weighted by Gasteiger charge is 2.25. The Labute approximate surface area is 130 Å². The van der Waals surface area contributed by atoms with Crippen LogP contribution in [0, 0.1) is 0 Å². The zero-order chi connectivity index (χ0) is 15.5. The van der Waals surface area contributed by atoms with Gasteiger partial charge in [-0.15, -0.1) is 0 Å². The van der Waals surface area contributed by atoms with Crippen LogP contribution in [-0.2, 0) is 9.53 Å². The van der Waals surface area contributed by atoms with Gasteiger partial charge in [0.2, 0.25) is 0 Å². The largest absolute Gasteiger partial charge is 0.479 e. The van der Waals surface area contributed by atoms with Gasteiger partial charge in [-0.1, -0.05) is 17.7 Å². The molecule has 1 unspecified atom stereocenters. The zero-order valence-corrected chi connectivity index (χ0v) is 13.6. The number of ether oxygens (including phenoxy) is 1. The van der Waals surface area contributed by atoms with E-state index in [0.717, 1.165) is 0 Å². The summed E-state index contributed by atoms with van der Waals surface area (Å²) in [6.45, 7) is 5.08. The number of alkyl carbamates (subject to hydrolysis) is 1. The third-order valence-corrected chi connectivity index (χ3v) is 3.42. The lowest BCUT2D eigenvalue weighted by Gasteiger charge is -2.22. The van der Waals surface area contributed by atoms with Gasteiger partial charge in [0.05, 0.1) is 5.02 Å². The summed E-state index contributed by atoms with van der Waals surface area (Å²) in [6.07, 6.45) is -0.802. The predicted molar refractivity (Wildman–Crippen MR) is 78.9 cm³/mol. The van der Waals surface area contributed by atoms with Crippen molar-refractivity contribution in [1.82, 2.24) is 5.32 Å². The summed E-state index contributed by atoms with van der Waals surface area (Å²) in [5.74, 6) is -1.20. The molecule has 1 rings (SSSR count). The number of halogens is 2. The van der Waals surface area contributed by atoms with Gasteiger partial charge in [-0.3, -0.25) is 0 Å². The Kier molecular flexibility index (Phi) is 5.42. The molecule has 7 heteroatoms. The number of carboxylic acid groups (broad SMARTS) is 1. The Morgan fingerprint density at radius 3 is 2.45 bits per heavy atom. The van der Waals surface area contributed by atoms with Gasteiger partial charge < -0.3 is 15.2 Å². The van der Waals surface area contributed by atoms with Crippen LogP contribution in [0.15, 0.2) is 22.7 Å². The summed E-state index contributed by atoms with van der Waals surface area (Å²) in [4.78, 5) is 22.9. The van der Waals surface area contributed by atoms with Crippen molar-refractivity contribution >= 4 is 39.6 Å². The van der Waals surface area contributed by atoms with E-state index in [1.807, 2.05) is 0 Å². The van der Waals surface area contributed by atoms with Gasteiger partial charge >= 0.3 is 12.1 Å². The fraction of sp³-hybridized carbons (Fsp3) is 0.385. The van der Waals surface area contributed by atoms with E-state index < -0.39 is 23.7 Å². The summed E-state index contributed by atoms with van der Waals surface area (Å²) in [6, 6.07) is 3.42. The molecule has 0 heterocycles. The Balaban J connectivity index is 2.92. The molecule has 1 amide bonds. The van der Waals surface area contributed by atoms with E-state index in [0.29, 0.717) is 15.1 Å². The van der Waals surface area contributed by atoms with Crippen molar-refractivity contribution in [2.75, 3.05) is 0 Å². The molecule has 0 saturated carbocycles. The molecular formula is C13H15BrClNO4. The molecule has 20 heavy (non-hydrogen) atoms. The monoisotopic (exact) mass is 363 g/mol. The summed E-state index contributed by atoms with van der Waals surface area (Å²) >= 11 is 9.14. The fourth-order valence-electron chi connectivity index (χ4n) is 1.40. The number of benzene rings is 1. The van der Waals surface area contributed by atoms with Crippen molar-refractivity contribution in [3.05, 3.63) is 33.3 Å². The first-order chi connectivity index (χ1) is 9.10. The first-order valence-corrected chi connectivity index (χ1v) is 6.94. The van der Waals surface area contributed by atoms with Gasteiger partial charge in [0.15, 0.2) is 6.04 Å². The second kappa shape index (κ2) is 6.45. The first kappa shape index (κ1) is 16.8.